The SMILES string of the molecule is Cc1c(C(O)C2CCCCC2)oc2ccc(C#N)cc12. The molecule has 20 heavy (non-hydrogen) atoms. The van der Waals surface area contributed by atoms with Crippen molar-refractivity contribution >= 4 is 11.0 Å². The van der Waals surface area contributed by atoms with E-state index >= 15 is 0 Å². The lowest BCUT2D eigenvalue weighted by atomic mass is 9.84. The zero-order valence-corrected chi connectivity index (χ0v) is 11.7. The second-order valence-corrected chi connectivity index (χ2v) is 5.76. The number of hydrogen-bond acceptors (Lipinski definition) is 3. The molecule has 1 saturated carbocycles. The number of aryl methyl sites for hydroxylation is 1. The van der Waals surface area contributed by atoms with E-state index in [1.54, 1.807) is 6.07 Å². The van der Waals surface area contributed by atoms with Gasteiger partial charge in [0.05, 0.1) is 11.6 Å². The summed E-state index contributed by atoms with van der Waals surface area (Å²) < 4.78 is 5.85. The summed E-state index contributed by atoms with van der Waals surface area (Å²) in [5.74, 6) is 0.987. The van der Waals surface area contributed by atoms with Gasteiger partial charge in [-0.1, -0.05) is 19.3 Å². The molecule has 1 atom stereocenters. The van der Waals surface area contributed by atoms with E-state index in [0.717, 1.165) is 29.4 Å². The molecule has 1 heterocycles. The minimum Gasteiger partial charge on any atom is -0.458 e. The highest BCUT2D eigenvalue weighted by atomic mass is 16.4. The van der Waals surface area contributed by atoms with E-state index in [-0.39, 0.29) is 0 Å². The lowest BCUT2D eigenvalue weighted by Crippen LogP contribution is -2.16. The predicted molar refractivity (Wildman–Crippen MR) is 77.2 cm³/mol. The first-order chi connectivity index (χ1) is 9.70. The quantitative estimate of drug-likeness (QED) is 0.887. The third-order valence-corrected chi connectivity index (χ3v) is 4.47. The van der Waals surface area contributed by atoms with E-state index in [1.807, 2.05) is 19.1 Å². The first-order valence-corrected chi connectivity index (χ1v) is 7.32. The smallest absolute Gasteiger partial charge is 0.136 e. The van der Waals surface area contributed by atoms with Crippen molar-refractivity contribution in [3.63, 3.8) is 0 Å². The van der Waals surface area contributed by atoms with Crippen LogP contribution in [0.5, 0.6) is 0 Å². The van der Waals surface area contributed by atoms with Crippen molar-refractivity contribution in [2.45, 2.75) is 45.1 Å². The number of aliphatic hydroxyl groups excluding tert-OH is 1. The molecule has 0 bridgehead atoms. The molecule has 2 aromatic rings. The first-order valence-electron chi connectivity index (χ1n) is 7.32. The summed E-state index contributed by atoms with van der Waals surface area (Å²) in [6, 6.07) is 7.55. The Bertz CT molecular complexity index is 659. The number of rotatable bonds is 2. The van der Waals surface area contributed by atoms with Gasteiger partial charge in [-0.25, -0.2) is 0 Å². The second-order valence-electron chi connectivity index (χ2n) is 5.76. The van der Waals surface area contributed by atoms with Gasteiger partial charge in [0, 0.05) is 10.9 Å². The third kappa shape index (κ3) is 2.21. The summed E-state index contributed by atoms with van der Waals surface area (Å²) in [6.45, 7) is 1.97. The zero-order chi connectivity index (χ0) is 14.1. The number of furan rings is 1. The topological polar surface area (TPSA) is 57.2 Å². The average molecular weight is 269 g/mol. The Labute approximate surface area is 118 Å². The maximum atomic E-state index is 10.6. The van der Waals surface area contributed by atoms with Gasteiger partial charge >= 0.3 is 0 Å². The van der Waals surface area contributed by atoms with Crippen LogP contribution in [0.3, 0.4) is 0 Å². The van der Waals surface area contributed by atoms with Crippen molar-refractivity contribution in [2.24, 2.45) is 5.92 Å². The Balaban J connectivity index is 1.99. The van der Waals surface area contributed by atoms with Crippen LogP contribution in [-0.2, 0) is 0 Å². The van der Waals surface area contributed by atoms with Crippen LogP contribution in [-0.4, -0.2) is 5.11 Å². The zero-order valence-electron chi connectivity index (χ0n) is 11.7. The molecular formula is C17H19NO2. The van der Waals surface area contributed by atoms with Crippen molar-refractivity contribution in [1.29, 1.82) is 5.26 Å². The van der Waals surface area contributed by atoms with E-state index in [2.05, 4.69) is 6.07 Å². The standard InChI is InChI=1S/C17H19NO2/c1-11-14-9-12(10-18)7-8-15(14)20-17(11)16(19)13-5-3-2-4-6-13/h7-9,13,16,19H,2-6H2,1H3. The van der Waals surface area contributed by atoms with Crippen LogP contribution in [0.4, 0.5) is 0 Å². The van der Waals surface area contributed by atoms with Gasteiger partial charge in [-0.05, 0) is 43.9 Å². The van der Waals surface area contributed by atoms with Gasteiger partial charge in [-0.15, -0.1) is 0 Å². The lowest BCUT2D eigenvalue weighted by Gasteiger charge is -2.25. The second kappa shape index (κ2) is 5.30. The molecule has 1 aromatic carbocycles. The van der Waals surface area contributed by atoms with Crippen molar-refractivity contribution in [2.75, 3.05) is 0 Å². The van der Waals surface area contributed by atoms with Gasteiger partial charge in [0.25, 0.3) is 0 Å². The average Bonchev–Trinajstić information content (AvgIpc) is 2.84. The molecule has 104 valence electrons. The lowest BCUT2D eigenvalue weighted by molar-refractivity contribution is 0.0661. The Morgan fingerprint density at radius 1 is 1.30 bits per heavy atom. The molecule has 3 nitrogen and oxygen atoms in total. The van der Waals surface area contributed by atoms with Crippen LogP contribution in [0.15, 0.2) is 22.6 Å². The minimum absolute atomic E-state index is 0.304. The summed E-state index contributed by atoms with van der Waals surface area (Å²) in [6.07, 6.45) is 5.28. The minimum atomic E-state index is -0.520. The van der Waals surface area contributed by atoms with Crippen LogP contribution < -0.4 is 0 Å². The summed E-state index contributed by atoms with van der Waals surface area (Å²) in [7, 11) is 0. The van der Waals surface area contributed by atoms with E-state index < -0.39 is 6.10 Å². The molecule has 1 unspecified atom stereocenters. The van der Waals surface area contributed by atoms with Crippen LogP contribution in [0.25, 0.3) is 11.0 Å². The number of fused-ring (bicyclic) bond motifs is 1. The molecule has 0 aliphatic heterocycles. The van der Waals surface area contributed by atoms with Crippen molar-refractivity contribution in [3.8, 4) is 6.07 Å². The van der Waals surface area contributed by atoms with Gasteiger partial charge in [0.2, 0.25) is 0 Å². The molecule has 3 rings (SSSR count). The normalized spacial score (nSPS) is 18.1. The highest BCUT2D eigenvalue weighted by Crippen LogP contribution is 2.38. The van der Waals surface area contributed by atoms with Crippen molar-refractivity contribution in [1.82, 2.24) is 0 Å². The molecule has 0 spiro atoms. The maximum absolute atomic E-state index is 10.6. The Kier molecular flexibility index (Phi) is 3.50. The fourth-order valence-electron chi connectivity index (χ4n) is 3.26. The summed E-state index contributed by atoms with van der Waals surface area (Å²) in [5, 5.41) is 20.5. The van der Waals surface area contributed by atoms with E-state index in [1.165, 1.54) is 19.3 Å². The fraction of sp³-hybridized carbons (Fsp3) is 0.471. The van der Waals surface area contributed by atoms with Gasteiger partial charge in [0.1, 0.15) is 17.4 Å². The third-order valence-electron chi connectivity index (χ3n) is 4.47. The molecule has 0 radical (unpaired) electrons. The van der Waals surface area contributed by atoms with Gasteiger partial charge < -0.3 is 9.52 Å². The van der Waals surface area contributed by atoms with Gasteiger partial charge in [-0.2, -0.15) is 5.26 Å². The number of nitrogens with zero attached hydrogens (tertiary/aromatic N) is 1. The molecule has 1 aliphatic carbocycles. The van der Waals surface area contributed by atoms with Gasteiger partial charge in [-0.3, -0.25) is 0 Å². The van der Waals surface area contributed by atoms with Crippen LogP contribution in [0, 0.1) is 24.2 Å². The van der Waals surface area contributed by atoms with Crippen LogP contribution in [0.2, 0.25) is 0 Å². The largest absolute Gasteiger partial charge is 0.458 e. The summed E-state index contributed by atoms with van der Waals surface area (Å²) in [4.78, 5) is 0. The van der Waals surface area contributed by atoms with Crippen molar-refractivity contribution < 1.29 is 9.52 Å². The predicted octanol–water partition coefficient (Wildman–Crippen LogP) is 4.23. The summed E-state index contributed by atoms with van der Waals surface area (Å²) >= 11 is 0. The first kappa shape index (κ1) is 13.2. The Hall–Kier alpha value is -1.79. The highest BCUT2D eigenvalue weighted by Gasteiger charge is 2.27. The molecular weight excluding hydrogens is 250 g/mol. The Morgan fingerprint density at radius 3 is 2.75 bits per heavy atom. The molecule has 1 fully saturated rings. The van der Waals surface area contributed by atoms with E-state index in [0.29, 0.717) is 17.2 Å². The molecule has 3 heteroatoms. The highest BCUT2D eigenvalue weighted by molar-refractivity contribution is 5.83. The monoisotopic (exact) mass is 269 g/mol. The van der Waals surface area contributed by atoms with E-state index in [4.69, 9.17) is 9.68 Å². The molecule has 1 aromatic heterocycles. The molecule has 1 N–H and O–H groups in total. The molecule has 0 amide bonds. The van der Waals surface area contributed by atoms with E-state index in [9.17, 15) is 5.11 Å². The number of hydrogen-bond donors (Lipinski definition) is 1. The molecule has 1 aliphatic rings. The Morgan fingerprint density at radius 2 is 2.05 bits per heavy atom. The van der Waals surface area contributed by atoms with Crippen LogP contribution >= 0.6 is 0 Å². The van der Waals surface area contributed by atoms with Crippen LogP contribution in [0.1, 0.15) is 55.1 Å². The number of aliphatic hydroxyl groups is 1. The summed E-state index contributed by atoms with van der Waals surface area (Å²) in [5.41, 5.74) is 2.35. The van der Waals surface area contributed by atoms with Crippen molar-refractivity contribution in [3.05, 3.63) is 35.1 Å². The fourth-order valence-corrected chi connectivity index (χ4v) is 3.26. The molecule has 0 saturated heterocycles. The number of nitriles is 1. The van der Waals surface area contributed by atoms with Gasteiger partial charge in [0.15, 0.2) is 0 Å². The maximum Gasteiger partial charge on any atom is 0.136 e. The number of benzene rings is 1.